The summed E-state index contributed by atoms with van der Waals surface area (Å²) < 4.78 is 5.35. The lowest BCUT2D eigenvalue weighted by atomic mass is 10.1. The second-order valence-corrected chi connectivity index (χ2v) is 2.94. The van der Waals surface area contributed by atoms with Gasteiger partial charge in [0.15, 0.2) is 0 Å². The van der Waals surface area contributed by atoms with Crippen molar-refractivity contribution in [1.29, 1.82) is 0 Å². The molecule has 0 unspecified atom stereocenters. The molecule has 3 nitrogen and oxygen atoms in total. The summed E-state index contributed by atoms with van der Waals surface area (Å²) in [7, 11) is 0. The van der Waals surface area contributed by atoms with Crippen molar-refractivity contribution in [2.75, 3.05) is 13.2 Å². The Morgan fingerprint density at radius 2 is 2.38 bits per heavy atom. The van der Waals surface area contributed by atoms with Crippen molar-refractivity contribution in [1.82, 2.24) is 0 Å². The first kappa shape index (κ1) is 8.26. The second-order valence-electron chi connectivity index (χ2n) is 2.94. The van der Waals surface area contributed by atoms with E-state index in [1.807, 2.05) is 24.3 Å². The number of hydrogen-bond acceptors (Lipinski definition) is 3. The van der Waals surface area contributed by atoms with Crippen molar-refractivity contribution >= 4 is 5.90 Å². The minimum atomic E-state index is 0.557. The molecular formula is C10H12N2O. The van der Waals surface area contributed by atoms with Gasteiger partial charge in [-0.1, -0.05) is 12.1 Å². The fourth-order valence-electron chi connectivity index (χ4n) is 1.34. The van der Waals surface area contributed by atoms with Crippen LogP contribution >= 0.6 is 0 Å². The molecule has 1 aromatic rings. The predicted molar refractivity (Wildman–Crippen MR) is 51.7 cm³/mol. The Hall–Kier alpha value is -1.35. The highest BCUT2D eigenvalue weighted by Gasteiger charge is 2.09. The third kappa shape index (κ3) is 1.70. The highest BCUT2D eigenvalue weighted by Crippen LogP contribution is 2.09. The Morgan fingerprint density at radius 3 is 3.08 bits per heavy atom. The van der Waals surface area contributed by atoms with Crippen LogP contribution in [0.25, 0.3) is 0 Å². The van der Waals surface area contributed by atoms with Gasteiger partial charge in [0.25, 0.3) is 0 Å². The van der Waals surface area contributed by atoms with Crippen LogP contribution in [0.15, 0.2) is 29.3 Å². The number of hydrogen-bond donors (Lipinski definition) is 1. The van der Waals surface area contributed by atoms with Crippen LogP contribution in [0.1, 0.15) is 11.1 Å². The maximum atomic E-state index is 5.54. The lowest BCUT2D eigenvalue weighted by molar-refractivity contribution is 0.348. The zero-order chi connectivity index (χ0) is 9.10. The molecule has 0 aliphatic carbocycles. The van der Waals surface area contributed by atoms with Gasteiger partial charge in [-0.15, -0.1) is 0 Å². The molecule has 2 N–H and O–H groups in total. The predicted octanol–water partition coefficient (Wildman–Crippen LogP) is 0.922. The molecule has 1 aromatic carbocycles. The van der Waals surface area contributed by atoms with E-state index in [1.54, 1.807) is 0 Å². The van der Waals surface area contributed by atoms with Crippen LogP contribution in [0.2, 0.25) is 0 Å². The molecule has 0 fully saturated rings. The molecule has 2 rings (SSSR count). The van der Waals surface area contributed by atoms with Gasteiger partial charge in [0.2, 0.25) is 5.90 Å². The van der Waals surface area contributed by atoms with Crippen molar-refractivity contribution in [3.63, 3.8) is 0 Å². The van der Waals surface area contributed by atoms with Gasteiger partial charge in [-0.05, 0) is 17.7 Å². The van der Waals surface area contributed by atoms with E-state index in [2.05, 4.69) is 4.99 Å². The smallest absolute Gasteiger partial charge is 0.216 e. The molecule has 0 atom stereocenters. The lowest BCUT2D eigenvalue weighted by Crippen LogP contribution is -2.03. The number of ether oxygens (including phenoxy) is 1. The molecular weight excluding hydrogens is 164 g/mol. The summed E-state index contributed by atoms with van der Waals surface area (Å²) in [5.41, 5.74) is 7.67. The van der Waals surface area contributed by atoms with Gasteiger partial charge in [-0.25, -0.2) is 4.99 Å². The summed E-state index contributed by atoms with van der Waals surface area (Å²) in [6.07, 6.45) is 0. The zero-order valence-electron chi connectivity index (χ0n) is 7.36. The van der Waals surface area contributed by atoms with Gasteiger partial charge in [-0.2, -0.15) is 0 Å². The quantitative estimate of drug-likeness (QED) is 0.728. The maximum absolute atomic E-state index is 5.54. The van der Waals surface area contributed by atoms with Crippen molar-refractivity contribution in [3.05, 3.63) is 35.4 Å². The van der Waals surface area contributed by atoms with E-state index in [4.69, 9.17) is 10.5 Å². The Morgan fingerprint density at radius 1 is 1.46 bits per heavy atom. The SMILES string of the molecule is NCc1cccc(C2=NCCO2)c1. The largest absolute Gasteiger partial charge is 0.476 e. The molecule has 0 saturated heterocycles. The summed E-state index contributed by atoms with van der Waals surface area (Å²) in [6.45, 7) is 2.02. The van der Waals surface area contributed by atoms with E-state index in [-0.39, 0.29) is 0 Å². The van der Waals surface area contributed by atoms with Crippen LogP contribution in [0.3, 0.4) is 0 Å². The third-order valence-corrected chi connectivity index (χ3v) is 2.00. The van der Waals surface area contributed by atoms with Crippen LogP contribution in [-0.4, -0.2) is 19.0 Å². The topological polar surface area (TPSA) is 47.6 Å². The molecule has 1 aliphatic heterocycles. The Kier molecular flexibility index (Phi) is 2.27. The van der Waals surface area contributed by atoms with E-state index in [9.17, 15) is 0 Å². The molecule has 1 heterocycles. The average Bonchev–Trinajstić information content (AvgIpc) is 2.71. The molecule has 0 amide bonds. The molecule has 68 valence electrons. The van der Waals surface area contributed by atoms with Gasteiger partial charge >= 0.3 is 0 Å². The van der Waals surface area contributed by atoms with Crippen molar-refractivity contribution in [3.8, 4) is 0 Å². The molecule has 0 radical (unpaired) electrons. The minimum absolute atomic E-state index is 0.557. The van der Waals surface area contributed by atoms with Gasteiger partial charge in [0.05, 0.1) is 6.54 Å². The highest BCUT2D eigenvalue weighted by atomic mass is 16.5. The Bertz CT molecular complexity index is 333. The summed E-state index contributed by atoms with van der Waals surface area (Å²) >= 11 is 0. The summed E-state index contributed by atoms with van der Waals surface area (Å²) in [5.74, 6) is 0.746. The molecule has 13 heavy (non-hydrogen) atoms. The molecule has 1 aliphatic rings. The maximum Gasteiger partial charge on any atom is 0.216 e. The van der Waals surface area contributed by atoms with Crippen LogP contribution in [0, 0.1) is 0 Å². The Labute approximate surface area is 77.2 Å². The molecule has 0 spiro atoms. The van der Waals surface area contributed by atoms with Gasteiger partial charge in [0, 0.05) is 12.1 Å². The number of nitrogens with zero attached hydrogens (tertiary/aromatic N) is 1. The van der Waals surface area contributed by atoms with Crippen molar-refractivity contribution < 1.29 is 4.74 Å². The summed E-state index contributed by atoms with van der Waals surface area (Å²) in [4.78, 5) is 4.23. The Balaban J connectivity index is 2.29. The normalized spacial score (nSPS) is 15.3. The first-order valence-corrected chi connectivity index (χ1v) is 4.37. The third-order valence-electron chi connectivity index (χ3n) is 2.00. The van der Waals surface area contributed by atoms with Crippen molar-refractivity contribution in [2.24, 2.45) is 10.7 Å². The van der Waals surface area contributed by atoms with E-state index in [0.29, 0.717) is 13.2 Å². The summed E-state index contributed by atoms with van der Waals surface area (Å²) in [6, 6.07) is 7.98. The van der Waals surface area contributed by atoms with E-state index in [0.717, 1.165) is 23.6 Å². The van der Waals surface area contributed by atoms with Crippen LogP contribution in [0.5, 0.6) is 0 Å². The number of benzene rings is 1. The second kappa shape index (κ2) is 3.58. The number of rotatable bonds is 2. The van der Waals surface area contributed by atoms with Crippen molar-refractivity contribution in [2.45, 2.75) is 6.54 Å². The zero-order valence-corrected chi connectivity index (χ0v) is 7.36. The first-order valence-electron chi connectivity index (χ1n) is 4.37. The van der Waals surface area contributed by atoms with Gasteiger partial charge in [0.1, 0.15) is 6.61 Å². The average molecular weight is 176 g/mol. The fraction of sp³-hybridized carbons (Fsp3) is 0.300. The molecule has 0 bridgehead atoms. The van der Waals surface area contributed by atoms with E-state index < -0.39 is 0 Å². The van der Waals surface area contributed by atoms with Crippen LogP contribution < -0.4 is 5.73 Å². The van der Waals surface area contributed by atoms with Crippen LogP contribution in [-0.2, 0) is 11.3 Å². The van der Waals surface area contributed by atoms with Crippen LogP contribution in [0.4, 0.5) is 0 Å². The van der Waals surface area contributed by atoms with Gasteiger partial charge < -0.3 is 10.5 Å². The van der Waals surface area contributed by atoms with Gasteiger partial charge in [-0.3, -0.25) is 0 Å². The fourth-order valence-corrected chi connectivity index (χ4v) is 1.34. The summed E-state index contributed by atoms with van der Waals surface area (Å²) in [5, 5.41) is 0. The standard InChI is InChI=1S/C10H12N2O/c11-7-8-2-1-3-9(6-8)10-12-4-5-13-10/h1-3,6H,4-5,7,11H2. The molecule has 0 saturated carbocycles. The monoisotopic (exact) mass is 176 g/mol. The molecule has 3 heteroatoms. The van der Waals surface area contributed by atoms with E-state index >= 15 is 0 Å². The highest BCUT2D eigenvalue weighted by molar-refractivity contribution is 5.95. The number of nitrogens with two attached hydrogens (primary N) is 1. The number of aliphatic imine (C=N–C) groups is 1. The minimum Gasteiger partial charge on any atom is -0.476 e. The first-order chi connectivity index (χ1) is 6.40. The lowest BCUT2D eigenvalue weighted by Gasteiger charge is -2.02. The van der Waals surface area contributed by atoms with E-state index in [1.165, 1.54) is 0 Å². The molecule has 0 aromatic heterocycles.